The van der Waals surface area contributed by atoms with Crippen molar-refractivity contribution >= 4 is 7.67 Å². The third kappa shape index (κ3) is 3.45. The van der Waals surface area contributed by atoms with Gasteiger partial charge in [0.2, 0.25) is 0 Å². The molecule has 6 nitrogen and oxygen atoms in total. The predicted octanol–water partition coefficient (Wildman–Crippen LogP) is 5.90. The molecule has 0 aromatic carbocycles. The highest BCUT2D eigenvalue weighted by Gasteiger charge is 2.67. The molecule has 7 heteroatoms. The first-order valence-corrected chi connectivity index (χ1v) is 14.6. The largest absolute Gasteiger partial charge is 0.426 e. The quantitative estimate of drug-likeness (QED) is 0.467. The number of allylic oxidation sites excluding steroid dienone is 2. The maximum absolute atomic E-state index is 13.7. The molecular weight excluding hydrogens is 435 g/mol. The van der Waals surface area contributed by atoms with Crippen LogP contribution in [0.1, 0.15) is 72.6 Å². The minimum atomic E-state index is -3.09. The zero-order valence-corrected chi connectivity index (χ0v) is 22.9. The summed E-state index contributed by atoms with van der Waals surface area (Å²) in [5.74, 6) is 2.55. The summed E-state index contributed by atoms with van der Waals surface area (Å²) in [5.41, 5.74) is 0.211. The van der Waals surface area contributed by atoms with E-state index >= 15 is 0 Å². The summed E-state index contributed by atoms with van der Waals surface area (Å²) < 4.78 is 37.0. The highest BCUT2D eigenvalue weighted by molar-refractivity contribution is 7.53. The van der Waals surface area contributed by atoms with Gasteiger partial charge in [-0.25, -0.2) is 13.9 Å². The fourth-order valence-electron chi connectivity index (χ4n) is 8.56. The van der Waals surface area contributed by atoms with E-state index in [1.165, 1.54) is 32.1 Å². The lowest BCUT2D eigenvalue weighted by molar-refractivity contribution is -0.175. The lowest BCUT2D eigenvalue weighted by Crippen LogP contribution is -2.62. The number of fused-ring (bicyclic) bond motifs is 8. The van der Waals surface area contributed by atoms with Gasteiger partial charge in [-0.2, -0.15) is 0 Å². The summed E-state index contributed by atoms with van der Waals surface area (Å²) >= 11 is 0. The molecule has 5 rings (SSSR count). The molecule has 0 N–H and O–H groups in total. The topological polar surface area (TPSA) is 51.2 Å². The Morgan fingerprint density at radius 2 is 1.58 bits per heavy atom. The van der Waals surface area contributed by atoms with Gasteiger partial charge in [0, 0.05) is 5.41 Å². The molecule has 6 unspecified atom stereocenters. The average molecular weight is 481 g/mol. The van der Waals surface area contributed by atoms with Crippen molar-refractivity contribution in [2.24, 2.45) is 34.5 Å². The van der Waals surface area contributed by atoms with Crippen LogP contribution in [0.5, 0.6) is 0 Å². The first kappa shape index (κ1) is 24.3. The Bertz CT molecular complexity index is 860. The van der Waals surface area contributed by atoms with Crippen LogP contribution in [0.15, 0.2) is 11.8 Å². The third-order valence-electron chi connectivity index (χ3n) is 10.2. The van der Waals surface area contributed by atoms with Crippen molar-refractivity contribution in [3.05, 3.63) is 11.8 Å². The van der Waals surface area contributed by atoms with Gasteiger partial charge < -0.3 is 14.0 Å². The third-order valence-corrected chi connectivity index (χ3v) is 12.6. The Hall–Kier alpha value is -0.390. The number of hydrogen-bond donors (Lipinski definition) is 0. The SMILES string of the molecule is CN(C)P(=O)(OC1=CCC2C3C4OC(C)(C)OC4C4CCCC[C@]4(C)C3CC[C@]12C)N(C)C. The van der Waals surface area contributed by atoms with E-state index in [9.17, 15) is 4.57 Å². The van der Waals surface area contributed by atoms with Crippen molar-refractivity contribution < 1.29 is 18.6 Å². The Labute approximate surface area is 200 Å². The van der Waals surface area contributed by atoms with E-state index in [4.69, 9.17) is 14.0 Å². The van der Waals surface area contributed by atoms with Gasteiger partial charge in [0.1, 0.15) is 5.76 Å². The molecule has 0 aromatic rings. The normalized spacial score (nSPS) is 46.4. The lowest BCUT2D eigenvalue weighted by atomic mass is 9.44. The molecule has 0 bridgehead atoms. The van der Waals surface area contributed by atoms with Crippen molar-refractivity contribution in [1.82, 2.24) is 9.34 Å². The van der Waals surface area contributed by atoms with E-state index in [1.807, 2.05) is 28.2 Å². The second-order valence-corrected chi connectivity index (χ2v) is 15.5. The van der Waals surface area contributed by atoms with Crippen LogP contribution in [0.2, 0.25) is 0 Å². The fourth-order valence-corrected chi connectivity index (χ4v) is 10.1. The number of nitrogens with zero attached hydrogens (tertiary/aromatic N) is 2. The molecular formula is C26H45N2O4P. The van der Waals surface area contributed by atoms with Crippen molar-refractivity contribution in [2.45, 2.75) is 90.6 Å². The van der Waals surface area contributed by atoms with Crippen LogP contribution in [0, 0.1) is 34.5 Å². The molecule has 3 saturated carbocycles. The van der Waals surface area contributed by atoms with Gasteiger partial charge in [-0.15, -0.1) is 0 Å². The number of rotatable bonds is 4. The zero-order chi connectivity index (χ0) is 24.0. The molecule has 1 saturated heterocycles. The molecule has 1 aliphatic heterocycles. The van der Waals surface area contributed by atoms with Gasteiger partial charge in [0.15, 0.2) is 5.79 Å². The molecule has 1 heterocycles. The molecule has 0 radical (unpaired) electrons. The van der Waals surface area contributed by atoms with Crippen LogP contribution in [-0.4, -0.2) is 55.5 Å². The summed E-state index contributed by atoms with van der Waals surface area (Å²) in [6.07, 6.45) is 11.1. The first-order valence-electron chi connectivity index (χ1n) is 13.0. The molecule has 0 amide bonds. The summed E-state index contributed by atoms with van der Waals surface area (Å²) in [6.45, 7) is 9.10. The molecule has 188 valence electrons. The van der Waals surface area contributed by atoms with Crippen LogP contribution in [0.4, 0.5) is 0 Å². The van der Waals surface area contributed by atoms with E-state index in [0.29, 0.717) is 29.1 Å². The maximum Gasteiger partial charge on any atom is 0.394 e. The molecule has 4 fully saturated rings. The summed E-state index contributed by atoms with van der Waals surface area (Å²) in [5, 5.41) is 0. The Kier molecular flexibility index (Phi) is 5.75. The van der Waals surface area contributed by atoms with E-state index in [1.54, 1.807) is 9.34 Å². The highest BCUT2D eigenvalue weighted by atomic mass is 31.2. The van der Waals surface area contributed by atoms with Gasteiger partial charge >= 0.3 is 7.67 Å². The molecule has 4 aliphatic carbocycles. The van der Waals surface area contributed by atoms with Gasteiger partial charge in [-0.05, 0) is 109 Å². The monoisotopic (exact) mass is 480 g/mol. The van der Waals surface area contributed by atoms with Gasteiger partial charge in [-0.1, -0.05) is 26.7 Å². The molecule has 5 aliphatic rings. The second kappa shape index (κ2) is 7.80. The van der Waals surface area contributed by atoms with E-state index in [-0.39, 0.29) is 17.6 Å². The zero-order valence-electron chi connectivity index (χ0n) is 22.0. The van der Waals surface area contributed by atoms with Crippen molar-refractivity contribution in [3.8, 4) is 0 Å². The Morgan fingerprint density at radius 3 is 2.24 bits per heavy atom. The Balaban J connectivity index is 1.50. The molecule has 0 aromatic heterocycles. The minimum Gasteiger partial charge on any atom is -0.426 e. The van der Waals surface area contributed by atoms with Crippen LogP contribution >= 0.6 is 7.67 Å². The molecule has 33 heavy (non-hydrogen) atoms. The van der Waals surface area contributed by atoms with Crippen LogP contribution in [-0.2, 0) is 18.6 Å². The van der Waals surface area contributed by atoms with Crippen LogP contribution in [0.25, 0.3) is 0 Å². The summed E-state index contributed by atoms with van der Waals surface area (Å²) in [7, 11) is 4.28. The smallest absolute Gasteiger partial charge is 0.394 e. The van der Waals surface area contributed by atoms with Gasteiger partial charge in [0.05, 0.1) is 12.2 Å². The predicted molar refractivity (Wildman–Crippen MR) is 130 cm³/mol. The van der Waals surface area contributed by atoms with E-state index in [2.05, 4.69) is 33.8 Å². The van der Waals surface area contributed by atoms with Gasteiger partial charge in [0.25, 0.3) is 0 Å². The van der Waals surface area contributed by atoms with Crippen LogP contribution in [0.3, 0.4) is 0 Å². The first-order chi connectivity index (χ1) is 15.3. The van der Waals surface area contributed by atoms with E-state index in [0.717, 1.165) is 18.6 Å². The standard InChI is InChI=1S/C26H45N2O4P/c1-24(2)30-22-19-11-9-10-15-25(19,3)18-14-16-26(4)17(21(18)23(22)31-24)12-13-20(26)32-33(29,27(5)6)28(7)8/h13,17-19,21-23H,9-12,14-16H2,1-8H3/t17?,18?,19?,21?,22?,23?,25-,26+/m1/s1. The van der Waals surface area contributed by atoms with Crippen LogP contribution < -0.4 is 0 Å². The summed E-state index contributed by atoms with van der Waals surface area (Å²) in [6, 6.07) is 0. The molecule has 0 spiro atoms. The minimum absolute atomic E-state index is 0.110. The number of hydrogen-bond acceptors (Lipinski definition) is 4. The highest BCUT2D eigenvalue weighted by Crippen LogP contribution is 2.70. The second-order valence-electron chi connectivity index (χ2n) is 12.7. The van der Waals surface area contributed by atoms with Crippen molar-refractivity contribution in [1.29, 1.82) is 0 Å². The number of ether oxygens (including phenoxy) is 2. The average Bonchev–Trinajstić information content (AvgIpc) is 3.23. The van der Waals surface area contributed by atoms with E-state index < -0.39 is 13.5 Å². The molecule has 8 atom stereocenters. The lowest BCUT2D eigenvalue weighted by Gasteiger charge is -2.62. The van der Waals surface area contributed by atoms with Gasteiger partial charge in [-0.3, -0.25) is 0 Å². The maximum atomic E-state index is 13.7. The van der Waals surface area contributed by atoms with Crippen molar-refractivity contribution in [3.63, 3.8) is 0 Å². The Morgan fingerprint density at radius 1 is 0.909 bits per heavy atom. The summed E-state index contributed by atoms with van der Waals surface area (Å²) in [4.78, 5) is 0. The van der Waals surface area contributed by atoms with Crippen molar-refractivity contribution in [2.75, 3.05) is 28.2 Å². The fraction of sp³-hybridized carbons (Fsp3) is 0.923.